The summed E-state index contributed by atoms with van der Waals surface area (Å²) in [6.07, 6.45) is 0. The summed E-state index contributed by atoms with van der Waals surface area (Å²) in [5, 5.41) is 10.1. The number of aromatic nitrogens is 2. The molecule has 0 bridgehead atoms. The molecule has 8 heteroatoms. The Morgan fingerprint density at radius 1 is 1.04 bits per heavy atom. The monoisotopic (exact) mass is 444 g/mol. The van der Waals surface area contributed by atoms with Crippen molar-refractivity contribution in [2.45, 2.75) is 13.8 Å². The fourth-order valence-corrected chi connectivity index (χ4v) is 3.00. The molecular weight excluding hydrogens is 424 g/mol. The number of ether oxygens (including phenoxy) is 2. The Kier molecular flexibility index (Phi) is 5.89. The number of rotatable bonds is 5. The van der Waals surface area contributed by atoms with Gasteiger partial charge in [0.05, 0.1) is 41.5 Å². The zero-order chi connectivity index (χ0) is 20.3. The van der Waals surface area contributed by atoms with Gasteiger partial charge in [0.15, 0.2) is 0 Å². The van der Waals surface area contributed by atoms with Crippen molar-refractivity contribution in [3.63, 3.8) is 0 Å². The van der Waals surface area contributed by atoms with Crippen LogP contribution in [0.2, 0.25) is 0 Å². The van der Waals surface area contributed by atoms with Gasteiger partial charge in [-0.15, -0.1) is 0 Å². The van der Waals surface area contributed by atoms with Crippen LogP contribution in [0.3, 0.4) is 0 Å². The van der Waals surface area contributed by atoms with Crippen molar-refractivity contribution in [1.29, 1.82) is 0 Å². The van der Waals surface area contributed by atoms with Crippen molar-refractivity contribution in [3.05, 3.63) is 58.3 Å². The third kappa shape index (κ3) is 4.12. The van der Waals surface area contributed by atoms with Crippen molar-refractivity contribution in [2.24, 2.45) is 0 Å². The highest BCUT2D eigenvalue weighted by atomic mass is 79.9. The molecule has 2 N–H and O–H groups in total. The molecule has 1 aromatic heterocycles. The maximum absolute atomic E-state index is 12.4. The molecule has 0 aliphatic rings. The quantitative estimate of drug-likeness (QED) is 0.585. The summed E-state index contributed by atoms with van der Waals surface area (Å²) in [4.78, 5) is 12.4. The molecule has 0 unspecified atom stereocenters. The van der Waals surface area contributed by atoms with Gasteiger partial charge < -0.3 is 20.1 Å². The van der Waals surface area contributed by atoms with E-state index in [0.717, 1.165) is 21.5 Å². The zero-order valence-corrected chi connectivity index (χ0v) is 17.6. The molecular formula is C20H21BrN4O3. The lowest BCUT2D eigenvalue weighted by atomic mass is 10.2. The van der Waals surface area contributed by atoms with E-state index in [0.29, 0.717) is 22.9 Å². The van der Waals surface area contributed by atoms with Gasteiger partial charge in [0.1, 0.15) is 11.5 Å². The molecule has 2 aromatic carbocycles. The van der Waals surface area contributed by atoms with Gasteiger partial charge in [-0.2, -0.15) is 5.10 Å². The van der Waals surface area contributed by atoms with Crippen LogP contribution in [0.25, 0.3) is 5.69 Å². The maximum Gasteiger partial charge on any atom is 0.323 e. The second-order valence-electron chi connectivity index (χ2n) is 6.09. The summed E-state index contributed by atoms with van der Waals surface area (Å²) in [6, 6.07) is 12.2. The smallest absolute Gasteiger partial charge is 0.323 e. The Labute approximate surface area is 171 Å². The third-order valence-electron chi connectivity index (χ3n) is 4.23. The number of carbonyl (C=O) groups excluding carboxylic acids is 1. The molecule has 0 fully saturated rings. The van der Waals surface area contributed by atoms with Gasteiger partial charge in [-0.3, -0.25) is 0 Å². The predicted molar refractivity (Wildman–Crippen MR) is 113 cm³/mol. The van der Waals surface area contributed by atoms with Crippen molar-refractivity contribution in [1.82, 2.24) is 9.78 Å². The summed E-state index contributed by atoms with van der Waals surface area (Å²) in [6.45, 7) is 3.94. The first-order chi connectivity index (χ1) is 13.4. The minimum absolute atomic E-state index is 0.381. The van der Waals surface area contributed by atoms with Crippen LogP contribution >= 0.6 is 15.9 Å². The SMILES string of the molecule is COc1ccc(OC)c(NC(=O)Nc2ccc(-n3nc(C)c(Br)c3C)cc2)c1. The second kappa shape index (κ2) is 8.35. The van der Waals surface area contributed by atoms with Gasteiger partial charge in [0, 0.05) is 11.8 Å². The lowest BCUT2D eigenvalue weighted by Crippen LogP contribution is -2.19. The molecule has 2 amide bonds. The van der Waals surface area contributed by atoms with Crippen LogP contribution in [0, 0.1) is 13.8 Å². The molecule has 28 heavy (non-hydrogen) atoms. The molecule has 0 saturated carbocycles. The van der Waals surface area contributed by atoms with Crippen LogP contribution in [0.15, 0.2) is 46.9 Å². The molecule has 0 radical (unpaired) electrons. The normalized spacial score (nSPS) is 10.5. The molecule has 3 aromatic rings. The van der Waals surface area contributed by atoms with Crippen molar-refractivity contribution in [3.8, 4) is 17.2 Å². The number of halogens is 1. The van der Waals surface area contributed by atoms with Crippen LogP contribution in [0.5, 0.6) is 11.5 Å². The average Bonchev–Trinajstić information content (AvgIpc) is 2.95. The van der Waals surface area contributed by atoms with E-state index >= 15 is 0 Å². The van der Waals surface area contributed by atoms with E-state index < -0.39 is 0 Å². The number of carbonyl (C=O) groups is 1. The van der Waals surface area contributed by atoms with Gasteiger partial charge in [0.2, 0.25) is 0 Å². The number of hydrogen-bond acceptors (Lipinski definition) is 4. The lowest BCUT2D eigenvalue weighted by Gasteiger charge is -2.13. The average molecular weight is 445 g/mol. The van der Waals surface area contributed by atoms with Crippen LogP contribution in [0.1, 0.15) is 11.4 Å². The van der Waals surface area contributed by atoms with E-state index in [-0.39, 0.29) is 6.03 Å². The highest BCUT2D eigenvalue weighted by Crippen LogP contribution is 2.29. The number of nitrogens with one attached hydrogen (secondary N) is 2. The van der Waals surface area contributed by atoms with E-state index in [1.165, 1.54) is 0 Å². The lowest BCUT2D eigenvalue weighted by molar-refractivity contribution is 0.262. The molecule has 0 saturated heterocycles. The van der Waals surface area contributed by atoms with E-state index in [1.807, 2.05) is 42.8 Å². The van der Waals surface area contributed by atoms with Crippen molar-refractivity contribution >= 4 is 33.3 Å². The van der Waals surface area contributed by atoms with Gasteiger partial charge in [-0.05, 0) is 66.2 Å². The number of anilines is 2. The van der Waals surface area contributed by atoms with Crippen LogP contribution in [-0.2, 0) is 0 Å². The largest absolute Gasteiger partial charge is 0.497 e. The molecule has 7 nitrogen and oxygen atoms in total. The molecule has 3 rings (SSSR count). The fraction of sp³-hybridized carbons (Fsp3) is 0.200. The van der Waals surface area contributed by atoms with Crippen LogP contribution in [-0.4, -0.2) is 30.0 Å². The zero-order valence-electron chi connectivity index (χ0n) is 16.0. The van der Waals surface area contributed by atoms with E-state index in [4.69, 9.17) is 9.47 Å². The second-order valence-corrected chi connectivity index (χ2v) is 6.88. The van der Waals surface area contributed by atoms with Gasteiger partial charge in [-0.1, -0.05) is 0 Å². The predicted octanol–water partition coefficient (Wildman–Crippen LogP) is 4.91. The van der Waals surface area contributed by atoms with Crippen LogP contribution in [0.4, 0.5) is 16.2 Å². The van der Waals surface area contributed by atoms with Gasteiger partial charge in [0.25, 0.3) is 0 Å². The Hall–Kier alpha value is -3.00. The molecule has 146 valence electrons. The first-order valence-corrected chi connectivity index (χ1v) is 9.34. The first kappa shape index (κ1) is 19.8. The van der Waals surface area contributed by atoms with E-state index in [9.17, 15) is 4.79 Å². The summed E-state index contributed by atoms with van der Waals surface area (Å²) < 4.78 is 13.3. The number of hydrogen-bond donors (Lipinski definition) is 2. The van der Waals surface area contributed by atoms with E-state index in [2.05, 4.69) is 31.7 Å². The standard InChI is InChI=1S/C20H21BrN4O3/c1-12-19(21)13(2)25(24-12)15-7-5-14(6-8-15)22-20(26)23-17-11-16(27-3)9-10-18(17)28-4/h5-11H,1-4H3,(H2,22,23,26). The maximum atomic E-state index is 12.4. The third-order valence-corrected chi connectivity index (χ3v) is 5.38. The highest BCUT2D eigenvalue weighted by molar-refractivity contribution is 9.10. The molecule has 0 aliphatic heterocycles. The molecule has 1 heterocycles. The Balaban J connectivity index is 1.72. The summed E-state index contributed by atoms with van der Waals surface area (Å²) in [5.74, 6) is 1.16. The number of nitrogens with zero attached hydrogens (tertiary/aromatic N) is 2. The molecule has 0 aliphatic carbocycles. The van der Waals surface area contributed by atoms with E-state index in [1.54, 1.807) is 32.4 Å². The number of methoxy groups -OCH3 is 2. The fourth-order valence-electron chi connectivity index (χ4n) is 2.76. The Morgan fingerprint density at radius 3 is 2.32 bits per heavy atom. The Bertz CT molecular complexity index is 999. The summed E-state index contributed by atoms with van der Waals surface area (Å²) >= 11 is 3.53. The molecule has 0 spiro atoms. The van der Waals surface area contributed by atoms with Crippen molar-refractivity contribution in [2.75, 3.05) is 24.9 Å². The number of benzene rings is 2. The summed E-state index contributed by atoms with van der Waals surface area (Å²) in [7, 11) is 3.11. The topological polar surface area (TPSA) is 77.4 Å². The summed E-state index contributed by atoms with van der Waals surface area (Å²) in [5.41, 5.74) is 4.02. The number of aryl methyl sites for hydroxylation is 1. The minimum Gasteiger partial charge on any atom is -0.497 e. The number of amides is 2. The first-order valence-electron chi connectivity index (χ1n) is 8.55. The number of urea groups is 1. The van der Waals surface area contributed by atoms with Gasteiger partial charge >= 0.3 is 6.03 Å². The molecule has 0 atom stereocenters. The highest BCUT2D eigenvalue weighted by Gasteiger charge is 2.12. The van der Waals surface area contributed by atoms with Crippen molar-refractivity contribution < 1.29 is 14.3 Å². The van der Waals surface area contributed by atoms with Crippen LogP contribution < -0.4 is 20.1 Å². The Morgan fingerprint density at radius 2 is 1.75 bits per heavy atom. The minimum atomic E-state index is -0.381. The van der Waals surface area contributed by atoms with Gasteiger partial charge in [-0.25, -0.2) is 9.48 Å².